The first-order chi connectivity index (χ1) is 19.7. The van der Waals surface area contributed by atoms with Gasteiger partial charge in [0.15, 0.2) is 0 Å². The summed E-state index contributed by atoms with van der Waals surface area (Å²) in [6, 6.07) is 21.8. The Bertz CT molecular complexity index is 1440. The van der Waals surface area contributed by atoms with E-state index < -0.39 is 28.5 Å². The fourth-order valence-electron chi connectivity index (χ4n) is 5.29. The smallest absolute Gasteiger partial charge is 0.264 e. The fraction of sp³-hybridized carbons (Fsp3) is 0.375. The lowest BCUT2D eigenvalue weighted by atomic mass is 10.1. The molecule has 0 bridgehead atoms. The van der Waals surface area contributed by atoms with Crippen LogP contribution in [0.2, 0.25) is 0 Å². The van der Waals surface area contributed by atoms with Gasteiger partial charge in [-0.05, 0) is 73.7 Å². The second-order valence-corrected chi connectivity index (χ2v) is 12.3. The molecule has 0 spiro atoms. The van der Waals surface area contributed by atoms with E-state index in [0.29, 0.717) is 17.9 Å². The number of nitrogens with zero attached hydrogens (tertiary/aromatic N) is 2. The molecule has 1 N–H and O–H groups in total. The van der Waals surface area contributed by atoms with Gasteiger partial charge in [0.25, 0.3) is 10.0 Å². The number of anilines is 1. The number of methoxy groups -OCH3 is 1. The monoisotopic (exact) mass is 577 g/mol. The summed E-state index contributed by atoms with van der Waals surface area (Å²) < 4.78 is 34.3. The molecule has 2 amide bonds. The molecule has 41 heavy (non-hydrogen) atoms. The van der Waals surface area contributed by atoms with Gasteiger partial charge in [0, 0.05) is 12.6 Å². The molecule has 1 saturated carbocycles. The van der Waals surface area contributed by atoms with Crippen LogP contribution in [0.3, 0.4) is 0 Å². The van der Waals surface area contributed by atoms with Gasteiger partial charge in [0.1, 0.15) is 18.3 Å². The minimum absolute atomic E-state index is 0.0830. The number of rotatable bonds is 12. The molecule has 3 aromatic carbocycles. The molecule has 1 aliphatic rings. The lowest BCUT2D eigenvalue weighted by Crippen LogP contribution is -2.53. The molecule has 0 aromatic heterocycles. The van der Waals surface area contributed by atoms with E-state index in [9.17, 15) is 18.0 Å². The molecule has 218 valence electrons. The van der Waals surface area contributed by atoms with Gasteiger partial charge in [0.05, 0.1) is 17.7 Å². The number of carbonyl (C=O) groups excluding carboxylic acids is 2. The minimum atomic E-state index is -4.09. The van der Waals surface area contributed by atoms with Crippen molar-refractivity contribution in [3.05, 3.63) is 90.0 Å². The lowest BCUT2D eigenvalue weighted by Gasteiger charge is -2.34. The highest BCUT2D eigenvalue weighted by atomic mass is 32.2. The minimum Gasteiger partial charge on any atom is -0.497 e. The number of benzene rings is 3. The van der Waals surface area contributed by atoms with Gasteiger partial charge in [-0.15, -0.1) is 0 Å². The molecular formula is C32H39N3O5S. The molecule has 9 heteroatoms. The van der Waals surface area contributed by atoms with Crippen LogP contribution in [0.4, 0.5) is 5.69 Å². The number of amides is 2. The van der Waals surface area contributed by atoms with E-state index in [1.165, 1.54) is 17.0 Å². The SMILES string of the molecule is CC[C@@H](C(=O)NC1CCCC1)N(Cc1cccc(OC)c1)C(=O)CN(c1cccc(C)c1)S(=O)(=O)c1ccccc1. The zero-order valence-electron chi connectivity index (χ0n) is 24.0. The Hall–Kier alpha value is -3.85. The van der Waals surface area contributed by atoms with Gasteiger partial charge in [0.2, 0.25) is 11.8 Å². The van der Waals surface area contributed by atoms with Crippen molar-refractivity contribution in [2.45, 2.75) is 69.5 Å². The Labute approximate surface area is 243 Å². The van der Waals surface area contributed by atoms with Crippen LogP contribution < -0.4 is 14.4 Å². The Kier molecular flexibility index (Phi) is 10.0. The summed E-state index contributed by atoms with van der Waals surface area (Å²) in [5.41, 5.74) is 2.02. The topological polar surface area (TPSA) is 96.0 Å². The van der Waals surface area contributed by atoms with Crippen molar-refractivity contribution >= 4 is 27.5 Å². The van der Waals surface area contributed by atoms with E-state index in [1.54, 1.807) is 43.5 Å². The third-order valence-corrected chi connectivity index (χ3v) is 9.26. The molecule has 0 unspecified atom stereocenters. The average Bonchev–Trinajstić information content (AvgIpc) is 3.49. The molecule has 3 aromatic rings. The van der Waals surface area contributed by atoms with E-state index in [0.717, 1.165) is 41.1 Å². The number of carbonyl (C=O) groups is 2. The van der Waals surface area contributed by atoms with Crippen molar-refractivity contribution in [1.29, 1.82) is 0 Å². The molecule has 1 atom stereocenters. The highest BCUT2D eigenvalue weighted by Crippen LogP contribution is 2.26. The Morgan fingerprint density at radius 2 is 1.68 bits per heavy atom. The second-order valence-electron chi connectivity index (χ2n) is 10.5. The van der Waals surface area contributed by atoms with Crippen LogP contribution in [0.25, 0.3) is 0 Å². The summed E-state index contributed by atoms with van der Waals surface area (Å²) >= 11 is 0. The first kappa shape index (κ1) is 30.1. The Morgan fingerprint density at radius 3 is 2.34 bits per heavy atom. The fourth-order valence-corrected chi connectivity index (χ4v) is 6.71. The molecule has 1 aliphatic carbocycles. The zero-order valence-corrected chi connectivity index (χ0v) is 24.8. The molecule has 8 nitrogen and oxygen atoms in total. The maximum absolute atomic E-state index is 14.2. The summed E-state index contributed by atoms with van der Waals surface area (Å²) in [6.45, 7) is 3.40. The molecule has 1 fully saturated rings. The summed E-state index contributed by atoms with van der Waals surface area (Å²) in [4.78, 5) is 29.3. The molecule has 0 saturated heterocycles. The molecule has 0 heterocycles. The van der Waals surface area contributed by atoms with E-state index in [1.807, 2.05) is 44.2 Å². The van der Waals surface area contributed by atoms with Crippen molar-refractivity contribution in [1.82, 2.24) is 10.2 Å². The van der Waals surface area contributed by atoms with E-state index in [4.69, 9.17) is 4.74 Å². The van der Waals surface area contributed by atoms with Crippen molar-refractivity contribution in [2.24, 2.45) is 0 Å². The molecular weight excluding hydrogens is 538 g/mol. The lowest BCUT2D eigenvalue weighted by molar-refractivity contribution is -0.140. The van der Waals surface area contributed by atoms with Crippen molar-refractivity contribution in [3.63, 3.8) is 0 Å². The van der Waals surface area contributed by atoms with Gasteiger partial charge in [-0.2, -0.15) is 0 Å². The van der Waals surface area contributed by atoms with Gasteiger partial charge in [-0.1, -0.05) is 62.2 Å². The van der Waals surface area contributed by atoms with E-state index >= 15 is 0 Å². The maximum Gasteiger partial charge on any atom is 0.264 e. The Balaban J connectivity index is 1.71. The van der Waals surface area contributed by atoms with Crippen LogP contribution in [0, 0.1) is 6.92 Å². The average molecular weight is 578 g/mol. The van der Waals surface area contributed by atoms with Crippen molar-refractivity contribution in [3.8, 4) is 5.75 Å². The van der Waals surface area contributed by atoms with Crippen molar-refractivity contribution in [2.75, 3.05) is 18.0 Å². The summed E-state index contributed by atoms with van der Waals surface area (Å²) in [5.74, 6) is -0.0580. The van der Waals surface area contributed by atoms with Crippen LogP contribution in [-0.4, -0.2) is 50.9 Å². The first-order valence-electron chi connectivity index (χ1n) is 14.1. The van der Waals surface area contributed by atoms with E-state index in [2.05, 4.69) is 5.32 Å². The van der Waals surface area contributed by atoms with E-state index in [-0.39, 0.29) is 23.4 Å². The highest BCUT2D eigenvalue weighted by molar-refractivity contribution is 7.92. The molecule has 4 rings (SSSR count). The third kappa shape index (κ3) is 7.47. The molecule has 0 radical (unpaired) electrons. The predicted molar refractivity (Wildman–Crippen MR) is 160 cm³/mol. The first-order valence-corrected chi connectivity index (χ1v) is 15.5. The summed E-state index contributed by atoms with van der Waals surface area (Å²) in [6.07, 6.45) is 4.35. The standard InChI is InChI=1S/C32H39N3O5S/c1-4-30(32(37)33-26-14-8-9-15-26)34(22-25-13-11-17-28(21-25)40-3)31(36)23-35(27-16-10-12-24(2)20-27)41(38,39)29-18-6-5-7-19-29/h5-7,10-13,16-21,26,30H,4,8-9,14-15,22-23H2,1-3H3,(H,33,37)/t30-/m0/s1. The van der Waals surface area contributed by atoms with Crippen LogP contribution in [0.15, 0.2) is 83.8 Å². The maximum atomic E-state index is 14.2. The largest absolute Gasteiger partial charge is 0.497 e. The van der Waals surface area contributed by atoms with Gasteiger partial charge in [-0.3, -0.25) is 13.9 Å². The number of nitrogens with one attached hydrogen (secondary N) is 1. The van der Waals surface area contributed by atoms with Crippen LogP contribution in [-0.2, 0) is 26.2 Å². The zero-order chi connectivity index (χ0) is 29.4. The number of ether oxygens (including phenoxy) is 1. The number of aryl methyl sites for hydroxylation is 1. The van der Waals surface area contributed by atoms with Crippen molar-refractivity contribution < 1.29 is 22.7 Å². The summed E-state index contributed by atoms with van der Waals surface area (Å²) in [5, 5.41) is 3.13. The summed E-state index contributed by atoms with van der Waals surface area (Å²) in [7, 11) is -2.52. The third-order valence-electron chi connectivity index (χ3n) is 7.47. The van der Waals surface area contributed by atoms with Gasteiger partial charge < -0.3 is 15.0 Å². The van der Waals surface area contributed by atoms with Crippen LogP contribution in [0.1, 0.15) is 50.2 Å². The number of hydrogen-bond donors (Lipinski definition) is 1. The second kappa shape index (κ2) is 13.7. The van der Waals surface area contributed by atoms with Crippen LogP contribution in [0.5, 0.6) is 5.75 Å². The quantitative estimate of drug-likeness (QED) is 0.325. The molecule has 0 aliphatic heterocycles. The number of hydrogen-bond acceptors (Lipinski definition) is 5. The van der Waals surface area contributed by atoms with Gasteiger partial charge in [-0.25, -0.2) is 8.42 Å². The normalized spacial score (nSPS) is 14.3. The van der Waals surface area contributed by atoms with Gasteiger partial charge >= 0.3 is 0 Å². The number of sulfonamides is 1. The highest BCUT2D eigenvalue weighted by Gasteiger charge is 2.34. The Morgan fingerprint density at radius 1 is 0.976 bits per heavy atom. The predicted octanol–water partition coefficient (Wildman–Crippen LogP) is 5.07. The van der Waals surface area contributed by atoms with Crippen LogP contribution >= 0.6 is 0 Å².